The average Bonchev–Trinajstić information content (AvgIpc) is 2.48. The van der Waals surface area contributed by atoms with Crippen LogP contribution in [0.2, 0.25) is 0 Å². The zero-order valence-corrected chi connectivity index (χ0v) is 11.1. The van der Waals surface area contributed by atoms with Gasteiger partial charge in [-0.1, -0.05) is 43.3 Å². The lowest BCUT2D eigenvalue weighted by atomic mass is 10.0. The van der Waals surface area contributed by atoms with E-state index < -0.39 is 4.92 Å². The summed E-state index contributed by atoms with van der Waals surface area (Å²) in [4.78, 5) is 10.2. The van der Waals surface area contributed by atoms with Crippen molar-refractivity contribution >= 4 is 17.6 Å². The maximum Gasteiger partial charge on any atom is 0.271 e. The van der Waals surface area contributed by atoms with Crippen LogP contribution in [0.5, 0.6) is 0 Å². The molecule has 0 saturated heterocycles. The van der Waals surface area contributed by atoms with Crippen LogP contribution < -0.4 is 5.43 Å². The van der Waals surface area contributed by atoms with Crippen LogP contribution in [0.1, 0.15) is 18.4 Å². The molecule has 0 aliphatic carbocycles. The van der Waals surface area contributed by atoms with Crippen molar-refractivity contribution in [3.63, 3.8) is 0 Å². The Morgan fingerprint density at radius 3 is 2.65 bits per heavy atom. The molecule has 1 N–H and O–H groups in total. The molecule has 0 amide bonds. The molecule has 0 radical (unpaired) electrons. The van der Waals surface area contributed by atoms with Crippen LogP contribution in [0.4, 0.5) is 11.4 Å². The lowest BCUT2D eigenvalue weighted by molar-refractivity contribution is -0.384. The quantitative estimate of drug-likeness (QED) is 0.510. The van der Waals surface area contributed by atoms with Crippen molar-refractivity contribution in [3.8, 4) is 0 Å². The number of non-ortho nitro benzene ring substituents is 1. The number of anilines is 1. The van der Waals surface area contributed by atoms with Gasteiger partial charge in [0.1, 0.15) is 0 Å². The van der Waals surface area contributed by atoms with Crippen molar-refractivity contribution in [1.82, 2.24) is 0 Å². The molecule has 2 aromatic rings. The van der Waals surface area contributed by atoms with Crippen molar-refractivity contribution < 1.29 is 4.92 Å². The first-order chi connectivity index (χ1) is 9.66. The Morgan fingerprint density at radius 2 is 1.95 bits per heavy atom. The summed E-state index contributed by atoms with van der Waals surface area (Å²) in [5, 5.41) is 14.8. The summed E-state index contributed by atoms with van der Waals surface area (Å²) in [5.74, 6) is 0.169. The fourth-order valence-electron chi connectivity index (χ4n) is 1.76. The Morgan fingerprint density at radius 1 is 1.20 bits per heavy atom. The van der Waals surface area contributed by atoms with Gasteiger partial charge in [0.2, 0.25) is 0 Å². The van der Waals surface area contributed by atoms with Crippen molar-refractivity contribution in [2.24, 2.45) is 5.10 Å². The first-order valence-electron chi connectivity index (χ1n) is 6.25. The normalized spacial score (nSPS) is 12.2. The minimum absolute atomic E-state index is 0.0429. The molecule has 5 heteroatoms. The van der Waals surface area contributed by atoms with E-state index in [4.69, 9.17) is 0 Å². The van der Waals surface area contributed by atoms with Crippen LogP contribution in [0.15, 0.2) is 59.7 Å². The number of nitro benzene ring substituents is 1. The Hall–Kier alpha value is -2.69. The predicted octanol–water partition coefficient (Wildman–Crippen LogP) is 3.80. The number of rotatable bonds is 5. The molecule has 0 heterocycles. The van der Waals surface area contributed by atoms with Crippen molar-refractivity contribution in [1.29, 1.82) is 0 Å². The maximum absolute atomic E-state index is 10.7. The molecule has 0 aliphatic rings. The van der Waals surface area contributed by atoms with Crippen molar-refractivity contribution in [2.45, 2.75) is 12.8 Å². The zero-order valence-electron chi connectivity index (χ0n) is 11.1. The SMILES string of the molecule is CC(C=NNc1cccc([N+](=O)[O-])c1)c1ccccc1. The van der Waals surface area contributed by atoms with Crippen LogP contribution in [-0.4, -0.2) is 11.1 Å². The van der Waals surface area contributed by atoms with E-state index in [-0.39, 0.29) is 11.6 Å². The number of hydrazone groups is 1. The molecule has 0 aliphatic heterocycles. The largest absolute Gasteiger partial charge is 0.279 e. The van der Waals surface area contributed by atoms with E-state index >= 15 is 0 Å². The summed E-state index contributed by atoms with van der Waals surface area (Å²) in [5.41, 5.74) is 4.61. The van der Waals surface area contributed by atoms with Gasteiger partial charge in [-0.05, 0) is 11.6 Å². The minimum Gasteiger partial charge on any atom is -0.279 e. The van der Waals surface area contributed by atoms with Crippen molar-refractivity contribution in [3.05, 3.63) is 70.3 Å². The summed E-state index contributed by atoms with van der Waals surface area (Å²) >= 11 is 0. The molecular formula is C15H15N3O2. The minimum atomic E-state index is -0.429. The highest BCUT2D eigenvalue weighted by Crippen LogP contribution is 2.17. The van der Waals surface area contributed by atoms with E-state index in [0.29, 0.717) is 5.69 Å². The van der Waals surface area contributed by atoms with Gasteiger partial charge in [-0.25, -0.2) is 0 Å². The average molecular weight is 269 g/mol. The Labute approximate surface area is 117 Å². The maximum atomic E-state index is 10.7. The number of benzene rings is 2. The van der Waals surface area contributed by atoms with Gasteiger partial charge in [0.05, 0.1) is 10.6 Å². The first-order valence-corrected chi connectivity index (χ1v) is 6.25. The second-order valence-electron chi connectivity index (χ2n) is 4.40. The molecule has 1 atom stereocenters. The van der Waals surface area contributed by atoms with E-state index in [0.717, 1.165) is 5.56 Å². The molecule has 0 bridgehead atoms. The van der Waals surface area contributed by atoms with Gasteiger partial charge in [-0.15, -0.1) is 0 Å². The molecule has 2 aromatic carbocycles. The molecule has 1 unspecified atom stereocenters. The Balaban J connectivity index is 2.00. The van der Waals surface area contributed by atoms with Gasteiger partial charge >= 0.3 is 0 Å². The molecule has 0 aromatic heterocycles. The van der Waals surface area contributed by atoms with Gasteiger partial charge in [0, 0.05) is 24.3 Å². The lowest BCUT2D eigenvalue weighted by Crippen LogP contribution is -1.98. The third kappa shape index (κ3) is 3.65. The van der Waals surface area contributed by atoms with E-state index in [1.165, 1.54) is 12.1 Å². The van der Waals surface area contributed by atoms with Crippen LogP contribution >= 0.6 is 0 Å². The van der Waals surface area contributed by atoms with Crippen LogP contribution in [0.25, 0.3) is 0 Å². The molecule has 0 spiro atoms. The second kappa shape index (κ2) is 6.47. The standard InChI is InChI=1S/C15H15N3O2/c1-12(13-6-3-2-4-7-13)11-16-17-14-8-5-9-15(10-14)18(19)20/h2-12,17H,1H3. The number of hydrogen-bond donors (Lipinski definition) is 1. The third-order valence-corrected chi connectivity index (χ3v) is 2.87. The molecular weight excluding hydrogens is 254 g/mol. The smallest absolute Gasteiger partial charge is 0.271 e. The fraction of sp³-hybridized carbons (Fsp3) is 0.133. The molecule has 102 valence electrons. The fourth-order valence-corrected chi connectivity index (χ4v) is 1.76. The first kappa shape index (κ1) is 13.7. The summed E-state index contributed by atoms with van der Waals surface area (Å²) in [6, 6.07) is 16.2. The zero-order chi connectivity index (χ0) is 14.4. The number of nitro groups is 1. The second-order valence-corrected chi connectivity index (χ2v) is 4.40. The van der Waals surface area contributed by atoms with Crippen molar-refractivity contribution in [2.75, 3.05) is 5.43 Å². The highest BCUT2D eigenvalue weighted by molar-refractivity contribution is 5.68. The molecule has 2 rings (SSSR count). The van der Waals surface area contributed by atoms with Crippen LogP contribution in [0, 0.1) is 10.1 Å². The number of hydrogen-bond acceptors (Lipinski definition) is 4. The highest BCUT2D eigenvalue weighted by Gasteiger charge is 2.05. The van der Waals surface area contributed by atoms with Gasteiger partial charge in [0.25, 0.3) is 5.69 Å². The van der Waals surface area contributed by atoms with Crippen LogP contribution in [0.3, 0.4) is 0 Å². The van der Waals surface area contributed by atoms with Gasteiger partial charge in [0.15, 0.2) is 0 Å². The number of nitrogens with one attached hydrogen (secondary N) is 1. The topological polar surface area (TPSA) is 67.5 Å². The van der Waals surface area contributed by atoms with E-state index in [1.807, 2.05) is 37.3 Å². The van der Waals surface area contributed by atoms with E-state index in [1.54, 1.807) is 18.3 Å². The third-order valence-electron chi connectivity index (χ3n) is 2.87. The van der Waals surface area contributed by atoms with Gasteiger partial charge < -0.3 is 0 Å². The highest BCUT2D eigenvalue weighted by atomic mass is 16.6. The molecule has 0 saturated carbocycles. The van der Waals surface area contributed by atoms with Gasteiger partial charge in [-0.2, -0.15) is 5.10 Å². The summed E-state index contributed by atoms with van der Waals surface area (Å²) in [6.07, 6.45) is 1.77. The molecule has 0 fully saturated rings. The van der Waals surface area contributed by atoms with Gasteiger partial charge in [-0.3, -0.25) is 15.5 Å². The monoisotopic (exact) mass is 269 g/mol. The van der Waals surface area contributed by atoms with Crippen LogP contribution in [-0.2, 0) is 0 Å². The van der Waals surface area contributed by atoms with E-state index in [9.17, 15) is 10.1 Å². The number of nitrogens with zero attached hydrogens (tertiary/aromatic N) is 2. The summed E-state index contributed by atoms with van der Waals surface area (Å²) in [7, 11) is 0. The molecule has 20 heavy (non-hydrogen) atoms. The Bertz CT molecular complexity index is 612. The Kier molecular flexibility index (Phi) is 4.44. The summed E-state index contributed by atoms with van der Waals surface area (Å²) in [6.45, 7) is 2.04. The summed E-state index contributed by atoms with van der Waals surface area (Å²) < 4.78 is 0. The predicted molar refractivity (Wildman–Crippen MR) is 80.1 cm³/mol. The van der Waals surface area contributed by atoms with E-state index in [2.05, 4.69) is 10.5 Å². The lowest BCUT2D eigenvalue weighted by Gasteiger charge is -2.05. The molecule has 5 nitrogen and oxygen atoms in total.